The lowest BCUT2D eigenvalue weighted by Crippen LogP contribution is -2.35. The minimum Gasteiger partial charge on any atom is -0.373 e. The molecule has 1 N–H and O–H groups in total. The molecule has 2 aliphatic rings. The maximum atomic E-state index is 4.86. The molecule has 0 spiro atoms. The summed E-state index contributed by atoms with van der Waals surface area (Å²) in [6.45, 7) is 4.85. The Labute approximate surface area is 124 Å². The van der Waals surface area contributed by atoms with Gasteiger partial charge in [0.05, 0.1) is 6.54 Å². The fourth-order valence-electron chi connectivity index (χ4n) is 2.95. The molecule has 1 fully saturated rings. The summed E-state index contributed by atoms with van der Waals surface area (Å²) in [5.41, 5.74) is 1.13. The van der Waals surface area contributed by atoms with Gasteiger partial charge in [0.25, 0.3) is 0 Å². The summed E-state index contributed by atoms with van der Waals surface area (Å²) in [4.78, 5) is 16.3. The standard InChI is InChI=1S/C15H20N6/c1-10-13(16-2)18-14(11-3-4-11)19-15(10)21-8-7-20-6-5-17-12(20)9-21/h5-6,11H,3-4,7-9H2,1-2H3,(H,16,18,19). The van der Waals surface area contributed by atoms with Crippen LogP contribution in [-0.4, -0.2) is 33.1 Å². The van der Waals surface area contributed by atoms with Gasteiger partial charge in [-0.3, -0.25) is 0 Å². The van der Waals surface area contributed by atoms with Gasteiger partial charge in [0, 0.05) is 44.0 Å². The van der Waals surface area contributed by atoms with E-state index in [0.29, 0.717) is 5.92 Å². The minimum absolute atomic E-state index is 0.559. The number of nitrogens with one attached hydrogen (secondary N) is 1. The molecular weight excluding hydrogens is 264 g/mol. The van der Waals surface area contributed by atoms with E-state index < -0.39 is 0 Å². The van der Waals surface area contributed by atoms with E-state index >= 15 is 0 Å². The minimum atomic E-state index is 0.559. The van der Waals surface area contributed by atoms with Crippen LogP contribution < -0.4 is 10.2 Å². The molecule has 0 aromatic carbocycles. The highest BCUT2D eigenvalue weighted by Gasteiger charge is 2.29. The van der Waals surface area contributed by atoms with Gasteiger partial charge in [-0.15, -0.1) is 0 Å². The van der Waals surface area contributed by atoms with Crippen molar-refractivity contribution in [3.63, 3.8) is 0 Å². The molecule has 1 saturated carbocycles. The van der Waals surface area contributed by atoms with E-state index in [1.807, 2.05) is 19.4 Å². The summed E-state index contributed by atoms with van der Waals surface area (Å²) in [6, 6.07) is 0. The van der Waals surface area contributed by atoms with Crippen molar-refractivity contribution in [1.29, 1.82) is 0 Å². The second kappa shape index (κ2) is 4.72. The molecule has 0 amide bonds. The Hall–Kier alpha value is -2.11. The molecule has 1 aliphatic carbocycles. The van der Waals surface area contributed by atoms with E-state index in [4.69, 9.17) is 4.98 Å². The average molecular weight is 284 g/mol. The molecule has 2 aromatic rings. The smallest absolute Gasteiger partial charge is 0.137 e. The lowest BCUT2D eigenvalue weighted by atomic mass is 10.2. The molecule has 21 heavy (non-hydrogen) atoms. The van der Waals surface area contributed by atoms with Crippen LogP contribution in [0.15, 0.2) is 12.4 Å². The third-order valence-corrected chi connectivity index (χ3v) is 4.36. The summed E-state index contributed by atoms with van der Waals surface area (Å²) >= 11 is 0. The van der Waals surface area contributed by atoms with Crippen LogP contribution in [-0.2, 0) is 13.1 Å². The molecule has 0 bridgehead atoms. The highest BCUT2D eigenvalue weighted by atomic mass is 15.3. The van der Waals surface area contributed by atoms with Gasteiger partial charge in [0.2, 0.25) is 0 Å². The first kappa shape index (κ1) is 12.6. The summed E-state index contributed by atoms with van der Waals surface area (Å²) in [5.74, 6) is 4.68. The highest BCUT2D eigenvalue weighted by Crippen LogP contribution is 2.40. The van der Waals surface area contributed by atoms with Crippen molar-refractivity contribution < 1.29 is 0 Å². The van der Waals surface area contributed by atoms with Crippen LogP contribution in [0.1, 0.15) is 36.0 Å². The number of hydrogen-bond acceptors (Lipinski definition) is 5. The number of aromatic nitrogens is 4. The molecule has 0 atom stereocenters. The number of rotatable bonds is 3. The van der Waals surface area contributed by atoms with Crippen molar-refractivity contribution >= 4 is 11.6 Å². The predicted molar refractivity (Wildman–Crippen MR) is 81.6 cm³/mol. The summed E-state index contributed by atoms with van der Waals surface area (Å²) < 4.78 is 2.22. The summed E-state index contributed by atoms with van der Waals surface area (Å²) in [7, 11) is 1.93. The average Bonchev–Trinajstić information content (AvgIpc) is 3.25. The molecule has 1 aliphatic heterocycles. The van der Waals surface area contributed by atoms with E-state index in [9.17, 15) is 0 Å². The second-order valence-electron chi connectivity index (χ2n) is 5.86. The molecule has 0 saturated heterocycles. The number of imidazole rings is 1. The van der Waals surface area contributed by atoms with Crippen LogP contribution >= 0.6 is 0 Å². The summed E-state index contributed by atoms with van der Waals surface area (Å²) in [6.07, 6.45) is 6.36. The van der Waals surface area contributed by atoms with Crippen LogP contribution in [0.4, 0.5) is 11.6 Å². The third kappa shape index (κ3) is 2.14. The maximum Gasteiger partial charge on any atom is 0.137 e. The van der Waals surface area contributed by atoms with Gasteiger partial charge in [-0.05, 0) is 19.8 Å². The SMILES string of the molecule is CNc1nc(C2CC2)nc(N2CCn3ccnc3C2)c1C. The quantitative estimate of drug-likeness (QED) is 0.933. The van der Waals surface area contributed by atoms with E-state index in [1.165, 1.54) is 12.8 Å². The lowest BCUT2D eigenvalue weighted by Gasteiger charge is -2.30. The van der Waals surface area contributed by atoms with Crippen LogP contribution in [0.3, 0.4) is 0 Å². The van der Waals surface area contributed by atoms with E-state index in [0.717, 1.165) is 48.5 Å². The normalized spacial score (nSPS) is 17.7. The lowest BCUT2D eigenvalue weighted by molar-refractivity contribution is 0.554. The van der Waals surface area contributed by atoms with E-state index in [2.05, 4.69) is 31.7 Å². The van der Waals surface area contributed by atoms with Crippen molar-refractivity contribution in [3.05, 3.63) is 29.6 Å². The molecule has 0 radical (unpaired) electrons. The second-order valence-corrected chi connectivity index (χ2v) is 5.86. The van der Waals surface area contributed by atoms with Gasteiger partial charge in [-0.1, -0.05) is 0 Å². The van der Waals surface area contributed by atoms with Gasteiger partial charge in [0.15, 0.2) is 0 Å². The van der Waals surface area contributed by atoms with Crippen LogP contribution in [0, 0.1) is 6.92 Å². The molecule has 2 aromatic heterocycles. The Morgan fingerprint density at radius 1 is 1.24 bits per heavy atom. The first-order chi connectivity index (χ1) is 10.3. The molecule has 110 valence electrons. The van der Waals surface area contributed by atoms with E-state index in [1.54, 1.807) is 0 Å². The van der Waals surface area contributed by atoms with Crippen molar-refractivity contribution in [1.82, 2.24) is 19.5 Å². The fraction of sp³-hybridized carbons (Fsp3) is 0.533. The largest absolute Gasteiger partial charge is 0.373 e. The first-order valence-corrected chi connectivity index (χ1v) is 7.57. The van der Waals surface area contributed by atoms with Crippen molar-refractivity contribution in [2.45, 2.75) is 38.8 Å². The topological polar surface area (TPSA) is 58.9 Å². The number of fused-ring (bicyclic) bond motifs is 1. The summed E-state index contributed by atoms with van der Waals surface area (Å²) in [5, 5.41) is 3.21. The maximum absolute atomic E-state index is 4.86. The van der Waals surface area contributed by atoms with Gasteiger partial charge in [-0.2, -0.15) is 0 Å². The Balaban J connectivity index is 1.72. The first-order valence-electron chi connectivity index (χ1n) is 7.57. The molecule has 3 heterocycles. The molecule has 4 rings (SSSR count). The number of nitrogens with zero attached hydrogens (tertiary/aromatic N) is 5. The number of hydrogen-bond donors (Lipinski definition) is 1. The van der Waals surface area contributed by atoms with Crippen molar-refractivity contribution in [2.24, 2.45) is 0 Å². The molecule has 0 unspecified atom stereocenters. The Morgan fingerprint density at radius 3 is 2.86 bits per heavy atom. The monoisotopic (exact) mass is 284 g/mol. The van der Waals surface area contributed by atoms with Gasteiger partial charge in [0.1, 0.15) is 23.3 Å². The zero-order valence-corrected chi connectivity index (χ0v) is 12.5. The van der Waals surface area contributed by atoms with E-state index in [-0.39, 0.29) is 0 Å². The van der Waals surface area contributed by atoms with Gasteiger partial charge < -0.3 is 14.8 Å². The Morgan fingerprint density at radius 2 is 2.10 bits per heavy atom. The fourth-order valence-corrected chi connectivity index (χ4v) is 2.95. The predicted octanol–water partition coefficient (Wildman–Crippen LogP) is 1.92. The van der Waals surface area contributed by atoms with Crippen molar-refractivity contribution in [3.8, 4) is 0 Å². The third-order valence-electron chi connectivity index (χ3n) is 4.36. The van der Waals surface area contributed by atoms with Gasteiger partial charge in [-0.25, -0.2) is 15.0 Å². The van der Waals surface area contributed by atoms with Crippen LogP contribution in [0.2, 0.25) is 0 Å². The Kier molecular flexibility index (Phi) is 2.83. The zero-order chi connectivity index (χ0) is 14.4. The Bertz CT molecular complexity index is 673. The molecule has 6 heteroatoms. The zero-order valence-electron chi connectivity index (χ0n) is 12.5. The van der Waals surface area contributed by atoms with Crippen LogP contribution in [0.5, 0.6) is 0 Å². The van der Waals surface area contributed by atoms with Crippen molar-refractivity contribution in [2.75, 3.05) is 23.8 Å². The van der Waals surface area contributed by atoms with Gasteiger partial charge >= 0.3 is 0 Å². The number of anilines is 2. The highest BCUT2D eigenvalue weighted by molar-refractivity contribution is 5.59. The van der Waals surface area contributed by atoms with Crippen LogP contribution in [0.25, 0.3) is 0 Å². The molecular formula is C15H20N6. The molecule has 6 nitrogen and oxygen atoms in total.